The van der Waals surface area contributed by atoms with E-state index in [1.54, 1.807) is 4.90 Å². The molecule has 1 unspecified atom stereocenters. The summed E-state index contributed by atoms with van der Waals surface area (Å²) in [5.74, 6) is -0.00370. The van der Waals surface area contributed by atoms with Gasteiger partial charge in [-0.3, -0.25) is 4.79 Å². The Morgan fingerprint density at radius 3 is 2.89 bits per heavy atom. The predicted molar refractivity (Wildman–Crippen MR) is 74.6 cm³/mol. The third-order valence-corrected chi connectivity index (χ3v) is 3.87. The second-order valence-corrected chi connectivity index (χ2v) is 5.52. The maximum absolute atomic E-state index is 12.5. The Labute approximate surface area is 115 Å². The van der Waals surface area contributed by atoms with Crippen LogP contribution in [-0.2, 0) is 4.74 Å². The maximum Gasteiger partial charge on any atom is 0.254 e. The van der Waals surface area contributed by atoms with Gasteiger partial charge in [0.15, 0.2) is 0 Å². The van der Waals surface area contributed by atoms with Gasteiger partial charge in [0.2, 0.25) is 0 Å². The van der Waals surface area contributed by atoms with Crippen molar-refractivity contribution in [2.24, 2.45) is 0 Å². The van der Waals surface area contributed by atoms with E-state index in [1.165, 1.54) is 0 Å². The average molecular weight is 313 g/mol. The number of hydrogen-bond acceptors (Lipinski definition) is 3. The average Bonchev–Trinajstić information content (AvgIpc) is 2.85. The summed E-state index contributed by atoms with van der Waals surface area (Å²) >= 11 is 3.37. The summed E-state index contributed by atoms with van der Waals surface area (Å²) in [6, 6.07) is 3.79. The van der Waals surface area contributed by atoms with Crippen LogP contribution in [0.1, 0.15) is 22.3 Å². The Kier molecular flexibility index (Phi) is 3.92. The first-order valence-electron chi connectivity index (χ1n) is 5.91. The zero-order valence-corrected chi connectivity index (χ0v) is 12.2. The van der Waals surface area contributed by atoms with Crippen molar-refractivity contribution >= 4 is 27.5 Å². The topological polar surface area (TPSA) is 55.6 Å². The number of nitrogens with zero attached hydrogens (tertiary/aromatic N) is 1. The highest BCUT2D eigenvalue weighted by atomic mass is 79.9. The second-order valence-electron chi connectivity index (χ2n) is 4.60. The fourth-order valence-corrected chi connectivity index (χ4v) is 2.58. The third kappa shape index (κ3) is 2.52. The first-order chi connectivity index (χ1) is 8.50. The zero-order chi connectivity index (χ0) is 13.3. The van der Waals surface area contributed by atoms with Crippen LogP contribution in [0.5, 0.6) is 0 Å². The van der Waals surface area contributed by atoms with Gasteiger partial charge in [-0.25, -0.2) is 0 Å². The standard InChI is InChI=1S/C13H17BrN2O2/c1-8-11(5-9(14)6-12(8)15)13(17)16(2)10-3-4-18-7-10/h5-6,10H,3-4,7,15H2,1-2H3. The van der Waals surface area contributed by atoms with Crippen LogP contribution in [0.3, 0.4) is 0 Å². The minimum Gasteiger partial charge on any atom is -0.398 e. The van der Waals surface area contributed by atoms with Crippen molar-refractivity contribution < 1.29 is 9.53 Å². The lowest BCUT2D eigenvalue weighted by molar-refractivity contribution is 0.0710. The smallest absolute Gasteiger partial charge is 0.254 e. The van der Waals surface area contributed by atoms with Crippen LogP contribution >= 0.6 is 15.9 Å². The zero-order valence-electron chi connectivity index (χ0n) is 10.6. The first-order valence-corrected chi connectivity index (χ1v) is 6.70. The third-order valence-electron chi connectivity index (χ3n) is 3.42. The van der Waals surface area contributed by atoms with E-state index in [0.29, 0.717) is 17.9 Å². The van der Waals surface area contributed by atoms with Gasteiger partial charge < -0.3 is 15.4 Å². The number of benzene rings is 1. The molecule has 1 heterocycles. The Hall–Kier alpha value is -1.07. The van der Waals surface area contributed by atoms with Crippen molar-refractivity contribution in [2.75, 3.05) is 26.0 Å². The van der Waals surface area contributed by atoms with Crippen molar-refractivity contribution in [3.63, 3.8) is 0 Å². The van der Waals surface area contributed by atoms with E-state index in [1.807, 2.05) is 26.1 Å². The molecule has 1 fully saturated rings. The number of rotatable bonds is 2. The molecule has 0 bridgehead atoms. The minimum atomic E-state index is -0.00370. The number of nitrogen functional groups attached to an aromatic ring is 1. The Balaban J connectivity index is 2.27. The molecule has 1 aromatic carbocycles. The summed E-state index contributed by atoms with van der Waals surface area (Å²) in [6.07, 6.45) is 0.894. The van der Waals surface area contributed by atoms with Gasteiger partial charge in [-0.1, -0.05) is 15.9 Å². The van der Waals surface area contributed by atoms with Crippen LogP contribution < -0.4 is 5.73 Å². The lowest BCUT2D eigenvalue weighted by atomic mass is 10.0. The number of halogens is 1. The summed E-state index contributed by atoms with van der Waals surface area (Å²) < 4.78 is 6.14. The molecule has 1 aliphatic heterocycles. The van der Waals surface area contributed by atoms with Crippen molar-refractivity contribution in [3.05, 3.63) is 27.7 Å². The molecule has 5 heteroatoms. The van der Waals surface area contributed by atoms with E-state index in [4.69, 9.17) is 10.5 Å². The van der Waals surface area contributed by atoms with Crippen molar-refractivity contribution in [1.29, 1.82) is 0 Å². The summed E-state index contributed by atoms with van der Waals surface area (Å²) in [4.78, 5) is 14.2. The highest BCUT2D eigenvalue weighted by molar-refractivity contribution is 9.10. The number of anilines is 1. The van der Waals surface area contributed by atoms with Crippen LogP contribution in [0.25, 0.3) is 0 Å². The van der Waals surface area contributed by atoms with Gasteiger partial charge in [-0.15, -0.1) is 0 Å². The van der Waals surface area contributed by atoms with Crippen LogP contribution in [0, 0.1) is 6.92 Å². The molecule has 98 valence electrons. The Morgan fingerprint density at radius 1 is 1.56 bits per heavy atom. The van der Waals surface area contributed by atoms with E-state index in [2.05, 4.69) is 15.9 Å². The quantitative estimate of drug-likeness (QED) is 0.852. The van der Waals surface area contributed by atoms with Gasteiger partial charge in [-0.2, -0.15) is 0 Å². The molecule has 0 aromatic heterocycles. The van der Waals surface area contributed by atoms with E-state index in [-0.39, 0.29) is 11.9 Å². The highest BCUT2D eigenvalue weighted by Gasteiger charge is 2.26. The fraction of sp³-hybridized carbons (Fsp3) is 0.462. The predicted octanol–water partition coefficient (Wildman–Crippen LogP) is 2.20. The normalized spacial score (nSPS) is 18.9. The minimum absolute atomic E-state index is 0.00370. The molecule has 1 amide bonds. The molecular weight excluding hydrogens is 296 g/mol. The maximum atomic E-state index is 12.5. The molecular formula is C13H17BrN2O2. The van der Waals surface area contributed by atoms with E-state index in [0.717, 1.165) is 23.1 Å². The van der Waals surface area contributed by atoms with E-state index in [9.17, 15) is 4.79 Å². The number of likely N-dealkylation sites (N-methyl/N-ethyl adjacent to an activating group) is 1. The Bertz CT molecular complexity index is 470. The summed E-state index contributed by atoms with van der Waals surface area (Å²) in [5.41, 5.74) is 7.99. The SMILES string of the molecule is Cc1c(N)cc(Br)cc1C(=O)N(C)C1CCOC1. The van der Waals surface area contributed by atoms with Gasteiger partial charge in [0.05, 0.1) is 12.6 Å². The molecule has 2 rings (SSSR count). The number of ether oxygens (including phenoxy) is 1. The molecule has 0 spiro atoms. The van der Waals surface area contributed by atoms with Crippen LogP contribution in [0.2, 0.25) is 0 Å². The van der Waals surface area contributed by atoms with Crippen molar-refractivity contribution in [1.82, 2.24) is 4.90 Å². The molecule has 1 aliphatic rings. The van der Waals surface area contributed by atoms with Gasteiger partial charge in [0, 0.05) is 29.4 Å². The Morgan fingerprint density at radius 2 is 2.28 bits per heavy atom. The number of hydrogen-bond donors (Lipinski definition) is 1. The molecule has 1 saturated heterocycles. The monoisotopic (exact) mass is 312 g/mol. The summed E-state index contributed by atoms with van der Waals surface area (Å²) in [5, 5.41) is 0. The molecule has 1 aromatic rings. The van der Waals surface area contributed by atoms with Crippen LogP contribution in [0.15, 0.2) is 16.6 Å². The molecule has 2 N–H and O–H groups in total. The molecule has 0 aliphatic carbocycles. The fourth-order valence-electron chi connectivity index (χ4n) is 2.11. The second kappa shape index (κ2) is 5.28. The molecule has 0 radical (unpaired) electrons. The number of nitrogens with two attached hydrogens (primary N) is 1. The van der Waals surface area contributed by atoms with Gasteiger partial charge in [0.1, 0.15) is 0 Å². The van der Waals surface area contributed by atoms with E-state index >= 15 is 0 Å². The molecule has 1 atom stereocenters. The van der Waals surface area contributed by atoms with Crippen LogP contribution in [-0.4, -0.2) is 37.1 Å². The molecule has 4 nitrogen and oxygen atoms in total. The number of carbonyl (C=O) groups excluding carboxylic acids is 1. The van der Waals surface area contributed by atoms with Crippen molar-refractivity contribution in [3.8, 4) is 0 Å². The lowest BCUT2D eigenvalue weighted by Crippen LogP contribution is -2.37. The van der Waals surface area contributed by atoms with Gasteiger partial charge in [-0.05, 0) is 31.0 Å². The molecule has 0 saturated carbocycles. The van der Waals surface area contributed by atoms with Crippen molar-refractivity contribution in [2.45, 2.75) is 19.4 Å². The summed E-state index contributed by atoms with van der Waals surface area (Å²) in [7, 11) is 1.82. The number of carbonyl (C=O) groups is 1. The molecule has 18 heavy (non-hydrogen) atoms. The van der Waals surface area contributed by atoms with Gasteiger partial charge >= 0.3 is 0 Å². The largest absolute Gasteiger partial charge is 0.398 e. The first kappa shape index (κ1) is 13.4. The lowest BCUT2D eigenvalue weighted by Gasteiger charge is -2.24. The van der Waals surface area contributed by atoms with E-state index < -0.39 is 0 Å². The van der Waals surface area contributed by atoms with Crippen LogP contribution in [0.4, 0.5) is 5.69 Å². The summed E-state index contributed by atoms with van der Waals surface area (Å²) in [6.45, 7) is 3.21. The number of amides is 1. The van der Waals surface area contributed by atoms with Gasteiger partial charge in [0.25, 0.3) is 5.91 Å². The highest BCUT2D eigenvalue weighted by Crippen LogP contribution is 2.25.